The van der Waals surface area contributed by atoms with Crippen LogP contribution in [0.15, 0.2) is 30.0 Å². The van der Waals surface area contributed by atoms with Crippen molar-refractivity contribution in [2.75, 3.05) is 13.1 Å². The summed E-state index contributed by atoms with van der Waals surface area (Å²) >= 11 is 1.61. The minimum Gasteiger partial charge on any atom is -0.341 e. The summed E-state index contributed by atoms with van der Waals surface area (Å²) in [7, 11) is 0. The van der Waals surface area contributed by atoms with Crippen LogP contribution in [0.2, 0.25) is 0 Å². The number of piperidine rings is 1. The van der Waals surface area contributed by atoms with E-state index in [1.54, 1.807) is 23.7 Å². The van der Waals surface area contributed by atoms with Crippen molar-refractivity contribution in [3.8, 4) is 0 Å². The molecule has 0 saturated carbocycles. The zero-order valence-corrected chi connectivity index (χ0v) is 12.1. The van der Waals surface area contributed by atoms with Gasteiger partial charge in [-0.25, -0.2) is 4.98 Å². The van der Waals surface area contributed by atoms with Gasteiger partial charge in [-0.05, 0) is 18.9 Å². The molecule has 0 N–H and O–H groups in total. The molecule has 0 radical (unpaired) electrons. The summed E-state index contributed by atoms with van der Waals surface area (Å²) in [5, 5.41) is 7.28. The average molecular weight is 290 g/mol. The molecule has 0 aliphatic carbocycles. The van der Waals surface area contributed by atoms with E-state index < -0.39 is 0 Å². The fourth-order valence-corrected chi connectivity index (χ4v) is 3.26. The molecule has 2 aromatic heterocycles. The van der Waals surface area contributed by atoms with E-state index in [4.69, 9.17) is 0 Å². The number of thiazole rings is 1. The normalized spacial score (nSPS) is 19.2. The van der Waals surface area contributed by atoms with Gasteiger partial charge in [-0.2, -0.15) is 5.10 Å². The maximum absolute atomic E-state index is 12.3. The molecule has 1 aliphatic heterocycles. The lowest BCUT2D eigenvalue weighted by Crippen LogP contribution is -2.40. The van der Waals surface area contributed by atoms with E-state index >= 15 is 0 Å². The van der Waals surface area contributed by atoms with Crippen LogP contribution in [0.25, 0.3) is 0 Å². The summed E-state index contributed by atoms with van der Waals surface area (Å²) in [5.41, 5.74) is 0. The molecule has 0 bridgehead atoms. The number of hydrogen-bond acceptors (Lipinski definition) is 4. The Labute approximate surface area is 122 Å². The van der Waals surface area contributed by atoms with Gasteiger partial charge in [0.2, 0.25) is 5.91 Å². The highest BCUT2D eigenvalue weighted by Gasteiger charge is 2.24. The third-order valence-corrected chi connectivity index (χ3v) is 4.52. The summed E-state index contributed by atoms with van der Waals surface area (Å²) in [4.78, 5) is 18.5. The zero-order valence-electron chi connectivity index (χ0n) is 11.3. The van der Waals surface area contributed by atoms with Crippen molar-refractivity contribution in [3.05, 3.63) is 35.0 Å². The van der Waals surface area contributed by atoms with E-state index in [9.17, 15) is 4.79 Å². The van der Waals surface area contributed by atoms with Crippen LogP contribution in [0.4, 0.5) is 0 Å². The SMILES string of the molecule is O=C(CCc1nccs1)N1CCCC(n2cccn2)C1. The van der Waals surface area contributed by atoms with Crippen LogP contribution >= 0.6 is 11.3 Å². The number of rotatable bonds is 4. The maximum Gasteiger partial charge on any atom is 0.223 e. The molecule has 2 aromatic rings. The van der Waals surface area contributed by atoms with E-state index in [2.05, 4.69) is 10.1 Å². The van der Waals surface area contributed by atoms with Gasteiger partial charge in [0.25, 0.3) is 0 Å². The van der Waals surface area contributed by atoms with Crippen molar-refractivity contribution in [2.45, 2.75) is 31.7 Å². The average Bonchev–Trinajstić information content (AvgIpc) is 3.18. The van der Waals surface area contributed by atoms with Gasteiger partial charge in [-0.15, -0.1) is 11.3 Å². The highest BCUT2D eigenvalue weighted by molar-refractivity contribution is 7.09. The van der Waals surface area contributed by atoms with Crippen molar-refractivity contribution < 1.29 is 4.79 Å². The summed E-state index contributed by atoms with van der Waals surface area (Å²) < 4.78 is 1.97. The highest BCUT2D eigenvalue weighted by atomic mass is 32.1. The molecule has 5 nitrogen and oxygen atoms in total. The Morgan fingerprint density at radius 2 is 2.40 bits per heavy atom. The summed E-state index contributed by atoms with van der Waals surface area (Å²) in [6.07, 6.45) is 9.01. The third kappa shape index (κ3) is 3.07. The molecule has 0 spiro atoms. The van der Waals surface area contributed by atoms with Crippen LogP contribution in [0.5, 0.6) is 0 Å². The van der Waals surface area contributed by atoms with Crippen LogP contribution in [-0.4, -0.2) is 38.7 Å². The number of aromatic nitrogens is 3. The van der Waals surface area contributed by atoms with Crippen molar-refractivity contribution in [2.24, 2.45) is 0 Å². The number of likely N-dealkylation sites (tertiary alicyclic amines) is 1. The van der Waals surface area contributed by atoms with E-state index in [0.717, 1.165) is 37.4 Å². The Kier molecular flexibility index (Phi) is 4.11. The van der Waals surface area contributed by atoms with Crippen LogP contribution < -0.4 is 0 Å². The Morgan fingerprint density at radius 1 is 1.45 bits per heavy atom. The zero-order chi connectivity index (χ0) is 13.8. The second-order valence-electron chi connectivity index (χ2n) is 5.05. The van der Waals surface area contributed by atoms with Gasteiger partial charge in [-0.3, -0.25) is 9.48 Å². The molecule has 0 aromatic carbocycles. The molecule has 106 valence electrons. The molecule has 1 amide bonds. The van der Waals surface area contributed by atoms with Gasteiger partial charge in [-0.1, -0.05) is 0 Å². The van der Waals surface area contributed by atoms with E-state index in [1.165, 1.54) is 0 Å². The first-order valence-electron chi connectivity index (χ1n) is 6.98. The first-order valence-corrected chi connectivity index (χ1v) is 7.86. The van der Waals surface area contributed by atoms with E-state index in [-0.39, 0.29) is 5.91 Å². The lowest BCUT2D eigenvalue weighted by molar-refractivity contribution is -0.132. The Bertz CT molecular complexity index is 538. The number of aryl methyl sites for hydroxylation is 1. The quantitative estimate of drug-likeness (QED) is 0.867. The summed E-state index contributed by atoms with van der Waals surface area (Å²) in [6, 6.07) is 2.26. The van der Waals surface area contributed by atoms with E-state index in [1.807, 2.05) is 27.2 Å². The standard InChI is InChI=1S/C14H18N4OS/c19-14(5-4-13-15-7-10-20-13)17-8-1-3-12(11-17)18-9-2-6-16-18/h2,6-7,9-10,12H,1,3-5,8,11H2. The second-order valence-corrected chi connectivity index (χ2v) is 6.03. The number of carbonyl (C=O) groups is 1. The van der Waals surface area contributed by atoms with Crippen molar-refractivity contribution in [1.82, 2.24) is 19.7 Å². The van der Waals surface area contributed by atoms with Crippen molar-refractivity contribution >= 4 is 17.2 Å². The van der Waals surface area contributed by atoms with Gasteiger partial charge in [0.05, 0.1) is 11.0 Å². The first-order chi connectivity index (χ1) is 9.83. The minimum absolute atomic E-state index is 0.233. The summed E-state index contributed by atoms with van der Waals surface area (Å²) in [6.45, 7) is 1.65. The molecular formula is C14H18N4OS. The molecule has 1 fully saturated rings. The number of hydrogen-bond donors (Lipinski definition) is 0. The molecular weight excluding hydrogens is 272 g/mol. The van der Waals surface area contributed by atoms with Crippen LogP contribution in [0.1, 0.15) is 30.3 Å². The van der Waals surface area contributed by atoms with Crippen LogP contribution in [0, 0.1) is 0 Å². The molecule has 1 unspecified atom stereocenters. The first kappa shape index (κ1) is 13.3. The molecule has 1 atom stereocenters. The van der Waals surface area contributed by atoms with Gasteiger partial charge >= 0.3 is 0 Å². The lowest BCUT2D eigenvalue weighted by atomic mass is 10.1. The predicted molar refractivity (Wildman–Crippen MR) is 77.5 cm³/mol. The fourth-order valence-electron chi connectivity index (χ4n) is 2.64. The third-order valence-electron chi connectivity index (χ3n) is 3.68. The van der Waals surface area contributed by atoms with Crippen LogP contribution in [-0.2, 0) is 11.2 Å². The van der Waals surface area contributed by atoms with E-state index in [0.29, 0.717) is 12.5 Å². The van der Waals surface area contributed by atoms with Gasteiger partial charge in [0.1, 0.15) is 0 Å². The number of nitrogens with zero attached hydrogens (tertiary/aromatic N) is 4. The van der Waals surface area contributed by atoms with Gasteiger partial charge < -0.3 is 4.90 Å². The molecule has 1 saturated heterocycles. The largest absolute Gasteiger partial charge is 0.341 e. The lowest BCUT2D eigenvalue weighted by Gasteiger charge is -2.33. The molecule has 3 heterocycles. The Balaban J connectivity index is 1.55. The number of amides is 1. The monoisotopic (exact) mass is 290 g/mol. The molecule has 3 rings (SSSR count). The smallest absolute Gasteiger partial charge is 0.223 e. The molecule has 6 heteroatoms. The predicted octanol–water partition coefficient (Wildman–Crippen LogP) is 2.14. The summed E-state index contributed by atoms with van der Waals surface area (Å²) in [5.74, 6) is 0.233. The second kappa shape index (κ2) is 6.17. The minimum atomic E-state index is 0.233. The fraction of sp³-hybridized carbons (Fsp3) is 0.500. The van der Waals surface area contributed by atoms with Gasteiger partial charge in [0.15, 0.2) is 0 Å². The molecule has 1 aliphatic rings. The van der Waals surface area contributed by atoms with Crippen LogP contribution in [0.3, 0.4) is 0 Å². The molecule has 20 heavy (non-hydrogen) atoms. The highest BCUT2D eigenvalue weighted by Crippen LogP contribution is 2.21. The van der Waals surface area contributed by atoms with Crippen molar-refractivity contribution in [1.29, 1.82) is 0 Å². The Hall–Kier alpha value is -1.69. The topological polar surface area (TPSA) is 51.0 Å². The maximum atomic E-state index is 12.3. The Morgan fingerprint density at radius 3 is 3.15 bits per heavy atom. The van der Waals surface area contributed by atoms with Crippen molar-refractivity contribution in [3.63, 3.8) is 0 Å². The number of carbonyl (C=O) groups excluding carboxylic acids is 1. The van der Waals surface area contributed by atoms with Gasteiger partial charge in [0, 0.05) is 49.9 Å².